The molecule has 0 aliphatic carbocycles. The van der Waals surface area contributed by atoms with Gasteiger partial charge in [0.1, 0.15) is 0 Å². The van der Waals surface area contributed by atoms with Gasteiger partial charge in [-0.25, -0.2) is 4.31 Å². The van der Waals surface area contributed by atoms with Gasteiger partial charge in [0.2, 0.25) is 5.91 Å². The monoisotopic (exact) mass is 426 g/mol. The Morgan fingerprint density at radius 2 is 1.67 bits per heavy atom. The third-order valence-electron chi connectivity index (χ3n) is 5.01. The minimum absolute atomic E-state index is 0.00804. The van der Waals surface area contributed by atoms with Crippen LogP contribution in [-0.4, -0.2) is 39.5 Å². The van der Waals surface area contributed by atoms with Crippen molar-refractivity contribution in [1.29, 1.82) is 0 Å². The van der Waals surface area contributed by atoms with Crippen LogP contribution in [0, 0.1) is 6.92 Å². The molecule has 0 bridgehead atoms. The van der Waals surface area contributed by atoms with E-state index in [1.165, 1.54) is 21.1 Å². The Balaban J connectivity index is 1.79. The standard InChI is InChI=1S/C22H26N4O3S/c1-6-26(16-9-7-8-15(2)12-16)20(27)14-23(3)30-17-10-11-18-19(13-17)25(5)22(29)21(28)24(18)4/h7-13H,6,14H2,1-5H3. The molecule has 0 fully saturated rings. The molecule has 0 spiro atoms. The summed E-state index contributed by atoms with van der Waals surface area (Å²) in [6.07, 6.45) is 0. The lowest BCUT2D eigenvalue weighted by atomic mass is 10.2. The number of likely N-dealkylation sites (N-methyl/N-ethyl adjacent to an activating group) is 2. The second-order valence-corrected chi connectivity index (χ2v) is 8.51. The van der Waals surface area contributed by atoms with Crippen molar-refractivity contribution in [3.05, 3.63) is 68.7 Å². The van der Waals surface area contributed by atoms with Crippen molar-refractivity contribution in [3.8, 4) is 0 Å². The van der Waals surface area contributed by atoms with E-state index in [1.54, 1.807) is 19.0 Å². The van der Waals surface area contributed by atoms with Crippen molar-refractivity contribution < 1.29 is 4.79 Å². The van der Waals surface area contributed by atoms with Crippen molar-refractivity contribution in [2.75, 3.05) is 25.0 Å². The van der Waals surface area contributed by atoms with E-state index >= 15 is 0 Å². The Kier molecular flexibility index (Phi) is 6.48. The summed E-state index contributed by atoms with van der Waals surface area (Å²) < 4.78 is 4.59. The largest absolute Gasteiger partial charge is 0.316 e. The molecule has 7 nitrogen and oxygen atoms in total. The van der Waals surface area contributed by atoms with E-state index in [4.69, 9.17) is 0 Å². The Hall–Kier alpha value is -2.84. The van der Waals surface area contributed by atoms with Crippen molar-refractivity contribution >= 4 is 34.6 Å². The van der Waals surface area contributed by atoms with Gasteiger partial charge < -0.3 is 14.0 Å². The molecule has 1 amide bonds. The summed E-state index contributed by atoms with van der Waals surface area (Å²) in [5.41, 5.74) is 2.24. The lowest BCUT2D eigenvalue weighted by Crippen LogP contribution is -2.39. The molecule has 3 aromatic rings. The Morgan fingerprint density at radius 1 is 1.00 bits per heavy atom. The molecular formula is C22H26N4O3S. The van der Waals surface area contributed by atoms with Crippen LogP contribution in [0.15, 0.2) is 56.9 Å². The molecule has 0 atom stereocenters. The number of aromatic nitrogens is 2. The first kappa shape index (κ1) is 21.9. The van der Waals surface area contributed by atoms with E-state index in [0.29, 0.717) is 17.6 Å². The number of anilines is 1. The first-order valence-corrected chi connectivity index (χ1v) is 10.5. The van der Waals surface area contributed by atoms with Crippen LogP contribution >= 0.6 is 11.9 Å². The van der Waals surface area contributed by atoms with Gasteiger partial charge in [-0.1, -0.05) is 12.1 Å². The fraction of sp³-hybridized carbons (Fsp3) is 0.318. The molecule has 0 aliphatic heterocycles. The van der Waals surface area contributed by atoms with Gasteiger partial charge in [-0.15, -0.1) is 0 Å². The normalized spacial score (nSPS) is 11.3. The second kappa shape index (κ2) is 8.89. The molecule has 1 aromatic heterocycles. The summed E-state index contributed by atoms with van der Waals surface area (Å²) in [5.74, 6) is 0.00804. The molecule has 0 aliphatic rings. The van der Waals surface area contributed by atoms with Gasteiger partial charge in [-0.05, 0) is 68.7 Å². The zero-order chi connectivity index (χ0) is 22.0. The number of benzene rings is 2. The number of hydrogen-bond donors (Lipinski definition) is 0. The van der Waals surface area contributed by atoms with Crippen LogP contribution in [0.2, 0.25) is 0 Å². The maximum absolute atomic E-state index is 12.9. The highest BCUT2D eigenvalue weighted by molar-refractivity contribution is 7.97. The van der Waals surface area contributed by atoms with Crippen LogP contribution in [0.3, 0.4) is 0 Å². The van der Waals surface area contributed by atoms with Crippen LogP contribution in [0.4, 0.5) is 5.69 Å². The van der Waals surface area contributed by atoms with Crippen LogP contribution in [0.1, 0.15) is 12.5 Å². The Bertz CT molecular complexity index is 1220. The number of aryl methyl sites for hydroxylation is 3. The predicted octanol–water partition coefficient (Wildman–Crippen LogP) is 2.54. The lowest BCUT2D eigenvalue weighted by molar-refractivity contribution is -0.118. The van der Waals surface area contributed by atoms with Crippen LogP contribution < -0.4 is 16.0 Å². The highest BCUT2D eigenvalue weighted by Crippen LogP contribution is 2.25. The molecule has 0 N–H and O–H groups in total. The van der Waals surface area contributed by atoms with Gasteiger partial charge in [0.15, 0.2) is 0 Å². The SMILES string of the molecule is CCN(C(=O)CN(C)Sc1ccc2c(c1)n(C)c(=O)c(=O)n2C)c1cccc(C)c1. The van der Waals surface area contributed by atoms with Gasteiger partial charge in [-0.3, -0.25) is 14.4 Å². The molecule has 0 saturated heterocycles. The second-order valence-electron chi connectivity index (χ2n) is 7.23. The van der Waals surface area contributed by atoms with Crippen molar-refractivity contribution in [1.82, 2.24) is 13.4 Å². The molecule has 3 rings (SSSR count). The third-order valence-corrected chi connectivity index (χ3v) is 5.92. The van der Waals surface area contributed by atoms with Gasteiger partial charge in [-0.2, -0.15) is 0 Å². The number of amides is 1. The Morgan fingerprint density at radius 3 is 2.30 bits per heavy atom. The van der Waals surface area contributed by atoms with E-state index in [1.807, 2.05) is 67.7 Å². The number of nitrogens with zero attached hydrogens (tertiary/aromatic N) is 4. The van der Waals surface area contributed by atoms with E-state index in [2.05, 4.69) is 0 Å². The Labute approximate surface area is 179 Å². The van der Waals surface area contributed by atoms with Gasteiger partial charge >= 0.3 is 11.1 Å². The number of carbonyl (C=O) groups is 1. The minimum atomic E-state index is -0.563. The fourth-order valence-corrected chi connectivity index (χ4v) is 4.23. The topological polar surface area (TPSA) is 67.6 Å². The van der Waals surface area contributed by atoms with Gasteiger partial charge in [0, 0.05) is 31.2 Å². The maximum Gasteiger partial charge on any atom is 0.316 e. The molecule has 0 unspecified atom stereocenters. The molecule has 158 valence electrons. The zero-order valence-electron chi connectivity index (χ0n) is 17.9. The molecular weight excluding hydrogens is 400 g/mol. The van der Waals surface area contributed by atoms with Gasteiger partial charge in [0.05, 0.1) is 17.6 Å². The molecule has 8 heteroatoms. The van der Waals surface area contributed by atoms with Crippen molar-refractivity contribution in [2.24, 2.45) is 14.1 Å². The maximum atomic E-state index is 12.9. The van der Waals surface area contributed by atoms with E-state index < -0.39 is 11.1 Å². The number of hydrogen-bond acceptors (Lipinski definition) is 5. The average molecular weight is 427 g/mol. The van der Waals surface area contributed by atoms with E-state index in [0.717, 1.165) is 16.1 Å². The summed E-state index contributed by atoms with van der Waals surface area (Å²) in [6, 6.07) is 13.5. The van der Waals surface area contributed by atoms with Gasteiger partial charge in [0.25, 0.3) is 0 Å². The number of carbonyl (C=O) groups excluding carboxylic acids is 1. The third kappa shape index (κ3) is 4.34. The summed E-state index contributed by atoms with van der Waals surface area (Å²) in [7, 11) is 5.04. The van der Waals surface area contributed by atoms with Crippen molar-refractivity contribution in [2.45, 2.75) is 18.7 Å². The summed E-state index contributed by atoms with van der Waals surface area (Å²) in [4.78, 5) is 39.6. The minimum Gasteiger partial charge on any atom is -0.312 e. The summed E-state index contributed by atoms with van der Waals surface area (Å²) in [5, 5.41) is 0. The average Bonchev–Trinajstić information content (AvgIpc) is 2.71. The predicted molar refractivity (Wildman–Crippen MR) is 122 cm³/mol. The van der Waals surface area contributed by atoms with Crippen LogP contribution in [-0.2, 0) is 18.9 Å². The van der Waals surface area contributed by atoms with Crippen LogP contribution in [0.5, 0.6) is 0 Å². The highest BCUT2D eigenvalue weighted by atomic mass is 32.2. The van der Waals surface area contributed by atoms with E-state index in [9.17, 15) is 14.4 Å². The smallest absolute Gasteiger partial charge is 0.312 e. The quantitative estimate of drug-likeness (QED) is 0.448. The first-order chi connectivity index (χ1) is 14.2. The van der Waals surface area contributed by atoms with E-state index in [-0.39, 0.29) is 12.5 Å². The summed E-state index contributed by atoms with van der Waals surface area (Å²) in [6.45, 7) is 4.79. The molecule has 2 aromatic carbocycles. The molecule has 0 radical (unpaired) electrons. The first-order valence-electron chi connectivity index (χ1n) is 9.68. The number of rotatable bonds is 6. The lowest BCUT2D eigenvalue weighted by Gasteiger charge is -2.24. The molecule has 1 heterocycles. The molecule has 30 heavy (non-hydrogen) atoms. The zero-order valence-corrected chi connectivity index (χ0v) is 18.7. The summed E-state index contributed by atoms with van der Waals surface area (Å²) >= 11 is 1.42. The highest BCUT2D eigenvalue weighted by Gasteiger charge is 2.17. The fourth-order valence-electron chi connectivity index (χ4n) is 3.40. The van der Waals surface area contributed by atoms with Crippen LogP contribution in [0.25, 0.3) is 11.0 Å². The molecule has 0 saturated carbocycles. The number of fused-ring (bicyclic) bond motifs is 1. The van der Waals surface area contributed by atoms with Crippen molar-refractivity contribution in [3.63, 3.8) is 0 Å².